The zero-order valence-electron chi connectivity index (χ0n) is 23.1. The summed E-state index contributed by atoms with van der Waals surface area (Å²) in [6.45, 7) is 9.75. The second-order valence-corrected chi connectivity index (χ2v) is 11.2. The number of carbonyl (C=O) groups is 4. The lowest BCUT2D eigenvalue weighted by molar-refractivity contribution is -0.164. The standard InChI is InChI=1S/C27H41N3O8/c1-26(2,3)37-23(33)21-13-12-19(14-15-31)30(21)22(32)20(29-25(35)38-27(4,5)6)16-28-24(34)36-17-18-10-8-7-9-11-18/h7-11,19-21,31H,12-17H2,1-6H3,(H,28,34)(H,29,35)/t19-,20+,21+/m1/s1. The number of ether oxygens (including phenoxy) is 3. The van der Waals surface area contributed by atoms with Crippen LogP contribution in [0.15, 0.2) is 30.3 Å². The molecular formula is C27H41N3O8. The van der Waals surface area contributed by atoms with Gasteiger partial charge in [0.15, 0.2) is 0 Å². The number of alkyl carbamates (subject to hydrolysis) is 2. The highest BCUT2D eigenvalue weighted by Crippen LogP contribution is 2.29. The summed E-state index contributed by atoms with van der Waals surface area (Å²) in [5.74, 6) is -1.18. The Morgan fingerprint density at radius 3 is 2.18 bits per heavy atom. The SMILES string of the molecule is CC(C)(C)OC(=O)N[C@@H](CNC(=O)OCc1ccccc1)C(=O)N1[C@@H](CCO)CC[C@H]1C(=O)OC(C)(C)C. The third-order valence-corrected chi connectivity index (χ3v) is 5.55. The summed E-state index contributed by atoms with van der Waals surface area (Å²) in [6.07, 6.45) is -0.577. The van der Waals surface area contributed by atoms with Gasteiger partial charge in [0, 0.05) is 12.6 Å². The molecule has 11 heteroatoms. The van der Waals surface area contributed by atoms with E-state index in [1.165, 1.54) is 4.90 Å². The van der Waals surface area contributed by atoms with Crippen molar-refractivity contribution in [3.05, 3.63) is 35.9 Å². The second kappa shape index (κ2) is 13.5. The van der Waals surface area contributed by atoms with Gasteiger partial charge in [-0.2, -0.15) is 0 Å². The number of likely N-dealkylation sites (tertiary alicyclic amines) is 1. The minimum Gasteiger partial charge on any atom is -0.458 e. The van der Waals surface area contributed by atoms with E-state index in [1.54, 1.807) is 53.7 Å². The van der Waals surface area contributed by atoms with Crippen LogP contribution in [0.3, 0.4) is 0 Å². The molecule has 0 radical (unpaired) electrons. The fraction of sp³-hybridized carbons (Fsp3) is 0.630. The van der Waals surface area contributed by atoms with Crippen LogP contribution >= 0.6 is 0 Å². The molecule has 0 aromatic heterocycles. The Kier molecular flexibility index (Phi) is 10.9. The Morgan fingerprint density at radius 2 is 1.61 bits per heavy atom. The highest BCUT2D eigenvalue weighted by molar-refractivity contribution is 5.91. The van der Waals surface area contributed by atoms with Crippen molar-refractivity contribution in [1.29, 1.82) is 0 Å². The molecule has 1 aliphatic rings. The van der Waals surface area contributed by atoms with Crippen LogP contribution in [0.2, 0.25) is 0 Å². The molecule has 1 aliphatic heterocycles. The molecular weight excluding hydrogens is 494 g/mol. The zero-order chi connectivity index (χ0) is 28.5. The summed E-state index contributed by atoms with van der Waals surface area (Å²) >= 11 is 0. The van der Waals surface area contributed by atoms with Gasteiger partial charge in [-0.3, -0.25) is 4.79 Å². The Morgan fingerprint density at radius 1 is 0.974 bits per heavy atom. The number of rotatable bonds is 9. The quantitative estimate of drug-likeness (QED) is 0.324. The van der Waals surface area contributed by atoms with E-state index in [0.29, 0.717) is 12.8 Å². The number of carbonyl (C=O) groups excluding carboxylic acids is 4. The molecule has 3 N–H and O–H groups in total. The minimum atomic E-state index is -1.27. The normalized spacial score (nSPS) is 18.3. The van der Waals surface area contributed by atoms with Crippen molar-refractivity contribution in [3.8, 4) is 0 Å². The maximum atomic E-state index is 13.8. The summed E-state index contributed by atoms with van der Waals surface area (Å²) in [7, 11) is 0. The van der Waals surface area contributed by atoms with Gasteiger partial charge in [-0.25, -0.2) is 14.4 Å². The Hall–Kier alpha value is -3.34. The van der Waals surface area contributed by atoms with Gasteiger partial charge in [0.1, 0.15) is 29.9 Å². The van der Waals surface area contributed by atoms with Gasteiger partial charge < -0.3 is 34.9 Å². The lowest BCUT2D eigenvalue weighted by Gasteiger charge is -2.34. The predicted molar refractivity (Wildman–Crippen MR) is 139 cm³/mol. The number of aliphatic hydroxyl groups excluding tert-OH is 1. The first-order valence-electron chi connectivity index (χ1n) is 12.8. The van der Waals surface area contributed by atoms with E-state index in [0.717, 1.165) is 5.56 Å². The fourth-order valence-electron chi connectivity index (χ4n) is 4.04. The molecule has 1 saturated heterocycles. The van der Waals surface area contributed by atoms with Gasteiger partial charge in [0.05, 0.1) is 6.54 Å². The molecule has 0 aliphatic carbocycles. The van der Waals surface area contributed by atoms with Gasteiger partial charge in [0.25, 0.3) is 0 Å². The van der Waals surface area contributed by atoms with Crippen LogP contribution in [0.1, 0.15) is 66.4 Å². The molecule has 0 spiro atoms. The van der Waals surface area contributed by atoms with Gasteiger partial charge in [-0.1, -0.05) is 30.3 Å². The second-order valence-electron chi connectivity index (χ2n) is 11.2. The van der Waals surface area contributed by atoms with Crippen LogP contribution < -0.4 is 10.6 Å². The molecule has 0 unspecified atom stereocenters. The number of aliphatic hydroxyl groups is 1. The third kappa shape index (κ3) is 10.2. The summed E-state index contributed by atoms with van der Waals surface area (Å²) in [6, 6.07) is 6.47. The lowest BCUT2D eigenvalue weighted by Crippen LogP contribution is -2.58. The molecule has 0 saturated carbocycles. The van der Waals surface area contributed by atoms with Gasteiger partial charge in [-0.05, 0) is 66.4 Å². The van der Waals surface area contributed by atoms with Crippen molar-refractivity contribution < 1.29 is 38.5 Å². The van der Waals surface area contributed by atoms with Crippen LogP contribution in [-0.2, 0) is 30.4 Å². The van der Waals surface area contributed by atoms with Gasteiger partial charge >= 0.3 is 18.2 Å². The maximum Gasteiger partial charge on any atom is 0.408 e. The smallest absolute Gasteiger partial charge is 0.408 e. The molecule has 1 heterocycles. The number of nitrogens with zero attached hydrogens (tertiary/aromatic N) is 1. The Bertz CT molecular complexity index is 955. The molecule has 212 valence electrons. The Labute approximate surface area is 224 Å². The molecule has 1 aromatic carbocycles. The Balaban J connectivity index is 2.20. The van der Waals surface area contributed by atoms with Gasteiger partial charge in [0.2, 0.25) is 5.91 Å². The molecule has 11 nitrogen and oxygen atoms in total. The first kappa shape index (κ1) is 30.9. The summed E-state index contributed by atoms with van der Waals surface area (Å²) < 4.78 is 16.1. The number of esters is 1. The van der Waals surface area contributed by atoms with Crippen LogP contribution in [0.4, 0.5) is 9.59 Å². The van der Waals surface area contributed by atoms with E-state index in [4.69, 9.17) is 14.2 Å². The van der Waals surface area contributed by atoms with Crippen LogP contribution in [-0.4, -0.2) is 76.5 Å². The van der Waals surface area contributed by atoms with Crippen molar-refractivity contribution >= 4 is 24.1 Å². The van der Waals surface area contributed by atoms with Crippen LogP contribution in [0.25, 0.3) is 0 Å². The summed E-state index contributed by atoms with van der Waals surface area (Å²) in [5.41, 5.74) is -0.809. The van der Waals surface area contributed by atoms with E-state index < -0.39 is 53.4 Å². The van der Waals surface area contributed by atoms with Crippen molar-refractivity contribution in [2.75, 3.05) is 13.2 Å². The molecule has 3 amide bonds. The van der Waals surface area contributed by atoms with E-state index in [2.05, 4.69) is 10.6 Å². The molecule has 1 aromatic rings. The fourth-order valence-corrected chi connectivity index (χ4v) is 4.04. The van der Waals surface area contributed by atoms with Crippen LogP contribution in [0.5, 0.6) is 0 Å². The zero-order valence-corrected chi connectivity index (χ0v) is 23.1. The van der Waals surface area contributed by atoms with Crippen LogP contribution in [0, 0.1) is 0 Å². The van der Waals surface area contributed by atoms with E-state index in [-0.39, 0.29) is 26.2 Å². The maximum absolute atomic E-state index is 13.8. The number of benzene rings is 1. The summed E-state index contributed by atoms with van der Waals surface area (Å²) in [4.78, 5) is 53.0. The molecule has 3 atom stereocenters. The predicted octanol–water partition coefficient (Wildman–Crippen LogP) is 2.89. The summed E-state index contributed by atoms with van der Waals surface area (Å²) in [5, 5.41) is 14.6. The lowest BCUT2D eigenvalue weighted by atomic mass is 10.1. The molecule has 0 bridgehead atoms. The number of amides is 3. The third-order valence-electron chi connectivity index (χ3n) is 5.55. The minimum absolute atomic E-state index is 0.0240. The average Bonchev–Trinajstić information content (AvgIpc) is 3.22. The van der Waals surface area contributed by atoms with Crippen molar-refractivity contribution in [1.82, 2.24) is 15.5 Å². The topological polar surface area (TPSA) is 144 Å². The van der Waals surface area contributed by atoms with Gasteiger partial charge in [-0.15, -0.1) is 0 Å². The first-order chi connectivity index (χ1) is 17.7. The monoisotopic (exact) mass is 535 g/mol. The van der Waals surface area contributed by atoms with E-state index in [1.807, 2.05) is 18.2 Å². The van der Waals surface area contributed by atoms with E-state index in [9.17, 15) is 24.3 Å². The largest absolute Gasteiger partial charge is 0.458 e. The molecule has 2 rings (SSSR count). The number of hydrogen-bond acceptors (Lipinski definition) is 8. The molecule has 1 fully saturated rings. The average molecular weight is 536 g/mol. The highest BCUT2D eigenvalue weighted by Gasteiger charge is 2.45. The molecule has 38 heavy (non-hydrogen) atoms. The van der Waals surface area contributed by atoms with E-state index >= 15 is 0 Å². The first-order valence-corrected chi connectivity index (χ1v) is 12.8. The van der Waals surface area contributed by atoms with Crippen molar-refractivity contribution in [3.63, 3.8) is 0 Å². The number of hydrogen-bond donors (Lipinski definition) is 3. The van der Waals surface area contributed by atoms with Crippen molar-refractivity contribution in [2.24, 2.45) is 0 Å². The van der Waals surface area contributed by atoms with Crippen molar-refractivity contribution in [2.45, 2.75) is 96.7 Å². The number of nitrogens with one attached hydrogen (secondary N) is 2. The highest BCUT2D eigenvalue weighted by atomic mass is 16.6.